The highest BCUT2D eigenvalue weighted by molar-refractivity contribution is 7.10. The van der Waals surface area contributed by atoms with Crippen LogP contribution in [0.3, 0.4) is 0 Å². The Morgan fingerprint density at radius 1 is 1.16 bits per heavy atom. The van der Waals surface area contributed by atoms with Crippen molar-refractivity contribution in [2.75, 3.05) is 0 Å². The van der Waals surface area contributed by atoms with E-state index in [1.165, 1.54) is 16.2 Å². The van der Waals surface area contributed by atoms with Gasteiger partial charge in [-0.2, -0.15) is 0 Å². The SMILES string of the molecule is CC(C)(C)OC(=O)N[C@@H]1C(=O)N2C(C(=O)OC(C)(C)C)=C(C=Cc3nncs3)CC[C@H]12. The molecule has 10 heteroatoms. The van der Waals surface area contributed by atoms with Crippen LogP contribution in [0.15, 0.2) is 22.9 Å². The highest BCUT2D eigenvalue weighted by Gasteiger charge is 2.54. The Hall–Kier alpha value is -2.75. The first kappa shape index (κ1) is 22.9. The molecule has 1 N–H and O–H groups in total. The first-order valence-electron chi connectivity index (χ1n) is 10.1. The Morgan fingerprint density at radius 2 is 1.84 bits per heavy atom. The number of nitrogens with zero attached hydrogens (tertiary/aromatic N) is 3. The first-order valence-corrected chi connectivity index (χ1v) is 11.0. The number of ether oxygens (including phenoxy) is 2. The molecule has 0 saturated carbocycles. The van der Waals surface area contributed by atoms with Gasteiger partial charge in [-0.05, 0) is 66.0 Å². The van der Waals surface area contributed by atoms with E-state index in [4.69, 9.17) is 9.47 Å². The Balaban J connectivity index is 1.85. The van der Waals surface area contributed by atoms with Crippen molar-refractivity contribution in [2.24, 2.45) is 0 Å². The molecule has 2 atom stereocenters. The van der Waals surface area contributed by atoms with E-state index in [0.717, 1.165) is 0 Å². The van der Waals surface area contributed by atoms with E-state index in [9.17, 15) is 14.4 Å². The molecule has 1 aromatic heterocycles. The van der Waals surface area contributed by atoms with E-state index in [1.54, 1.807) is 59.2 Å². The van der Waals surface area contributed by atoms with Crippen LogP contribution in [0.1, 0.15) is 59.4 Å². The van der Waals surface area contributed by atoms with Crippen LogP contribution < -0.4 is 5.32 Å². The van der Waals surface area contributed by atoms with E-state index in [-0.39, 0.29) is 17.6 Å². The molecule has 0 aromatic carbocycles. The Kier molecular flexibility index (Phi) is 6.22. The van der Waals surface area contributed by atoms with Crippen LogP contribution in [-0.4, -0.2) is 56.4 Å². The lowest BCUT2D eigenvalue weighted by atomic mass is 9.83. The molecule has 0 radical (unpaired) electrons. The number of β-lactam (4-membered cyclic amide) rings is 1. The molecule has 2 amide bonds. The van der Waals surface area contributed by atoms with Crippen molar-refractivity contribution >= 4 is 35.4 Å². The summed E-state index contributed by atoms with van der Waals surface area (Å²) in [5.74, 6) is -0.934. The monoisotopic (exact) mass is 448 g/mol. The second-order valence-electron chi connectivity index (χ2n) is 9.42. The summed E-state index contributed by atoms with van der Waals surface area (Å²) in [6.45, 7) is 10.6. The summed E-state index contributed by atoms with van der Waals surface area (Å²) in [5.41, 5.74) is 1.12. The summed E-state index contributed by atoms with van der Waals surface area (Å²) in [4.78, 5) is 39.5. The number of rotatable bonds is 4. The quantitative estimate of drug-likeness (QED) is 0.557. The lowest BCUT2D eigenvalue weighted by Gasteiger charge is -2.50. The van der Waals surface area contributed by atoms with Gasteiger partial charge < -0.3 is 14.8 Å². The number of hydrogen-bond acceptors (Lipinski definition) is 8. The third-order valence-electron chi connectivity index (χ3n) is 4.54. The van der Waals surface area contributed by atoms with Gasteiger partial charge in [-0.15, -0.1) is 21.5 Å². The first-order chi connectivity index (χ1) is 14.4. The second-order valence-corrected chi connectivity index (χ2v) is 10.3. The normalized spacial score (nSPS) is 21.6. The van der Waals surface area contributed by atoms with Gasteiger partial charge in [0.25, 0.3) is 5.91 Å². The molecule has 3 heterocycles. The highest BCUT2D eigenvalue weighted by atomic mass is 32.1. The van der Waals surface area contributed by atoms with E-state index in [1.807, 2.05) is 0 Å². The summed E-state index contributed by atoms with van der Waals surface area (Å²) >= 11 is 1.37. The highest BCUT2D eigenvalue weighted by Crippen LogP contribution is 2.38. The summed E-state index contributed by atoms with van der Waals surface area (Å²) < 4.78 is 10.8. The van der Waals surface area contributed by atoms with Crippen LogP contribution >= 0.6 is 11.3 Å². The predicted octanol–water partition coefficient (Wildman–Crippen LogP) is 3.05. The average Bonchev–Trinajstić information content (AvgIpc) is 3.14. The van der Waals surface area contributed by atoms with E-state index < -0.39 is 29.3 Å². The lowest BCUT2D eigenvalue weighted by molar-refractivity contribution is -0.161. The van der Waals surface area contributed by atoms with E-state index in [2.05, 4.69) is 15.5 Å². The van der Waals surface area contributed by atoms with Crippen molar-refractivity contribution in [1.82, 2.24) is 20.4 Å². The maximum Gasteiger partial charge on any atom is 0.408 e. The zero-order valence-electron chi connectivity index (χ0n) is 18.6. The van der Waals surface area contributed by atoms with Crippen LogP contribution in [0, 0.1) is 0 Å². The summed E-state index contributed by atoms with van der Waals surface area (Å²) in [7, 11) is 0. The molecule has 0 bridgehead atoms. The molecule has 1 aromatic rings. The minimum Gasteiger partial charge on any atom is -0.455 e. The van der Waals surface area contributed by atoms with Crippen molar-refractivity contribution in [3.8, 4) is 0 Å². The fourth-order valence-corrected chi connectivity index (χ4v) is 3.87. The molecule has 168 valence electrons. The molecule has 31 heavy (non-hydrogen) atoms. The minimum atomic E-state index is -0.735. The minimum absolute atomic E-state index is 0.208. The van der Waals surface area contributed by atoms with Gasteiger partial charge in [0.1, 0.15) is 33.5 Å². The molecular weight excluding hydrogens is 420 g/mol. The number of esters is 1. The number of nitrogens with one attached hydrogen (secondary N) is 1. The summed E-state index contributed by atoms with van der Waals surface area (Å²) in [5, 5.41) is 11.1. The molecule has 0 aliphatic carbocycles. The summed E-state index contributed by atoms with van der Waals surface area (Å²) in [6, 6.07) is -1.07. The van der Waals surface area contributed by atoms with Gasteiger partial charge in [-0.25, -0.2) is 9.59 Å². The third-order valence-corrected chi connectivity index (χ3v) is 5.20. The molecular formula is C21H28N4O5S. The molecule has 0 unspecified atom stereocenters. The molecule has 3 rings (SSSR count). The fraction of sp³-hybridized carbons (Fsp3) is 0.571. The molecule has 2 aliphatic heterocycles. The van der Waals surface area contributed by atoms with Crippen molar-refractivity contribution in [1.29, 1.82) is 0 Å². The van der Waals surface area contributed by atoms with Crippen molar-refractivity contribution in [3.05, 3.63) is 27.9 Å². The van der Waals surface area contributed by atoms with Gasteiger partial charge in [-0.3, -0.25) is 9.69 Å². The van der Waals surface area contributed by atoms with Gasteiger partial charge in [0, 0.05) is 0 Å². The van der Waals surface area contributed by atoms with Crippen molar-refractivity contribution in [3.63, 3.8) is 0 Å². The maximum atomic E-state index is 13.0. The van der Waals surface area contributed by atoms with Gasteiger partial charge in [0.2, 0.25) is 0 Å². The van der Waals surface area contributed by atoms with Gasteiger partial charge in [0.05, 0.1) is 6.04 Å². The number of alkyl carbamates (subject to hydrolysis) is 1. The van der Waals surface area contributed by atoms with Gasteiger partial charge in [-0.1, -0.05) is 6.08 Å². The van der Waals surface area contributed by atoms with Crippen LogP contribution in [0.4, 0.5) is 4.79 Å². The van der Waals surface area contributed by atoms with E-state index in [0.29, 0.717) is 23.4 Å². The predicted molar refractivity (Wildman–Crippen MR) is 115 cm³/mol. The standard InChI is InChI=1S/C21H28N4O5S/c1-20(2,3)29-18(27)16-12(8-10-14-24-22-11-31-14)7-9-13-15(17(26)25(13)16)23-19(28)30-21(4,5)6/h8,10-11,13,15H,7,9H2,1-6H3,(H,23,28)/t13-,15+/m1/s1. The third kappa shape index (κ3) is 5.49. The number of hydrogen-bond donors (Lipinski definition) is 1. The van der Waals surface area contributed by atoms with Crippen molar-refractivity contribution < 1.29 is 23.9 Å². The number of amides is 2. The second kappa shape index (κ2) is 8.41. The molecule has 2 aliphatic rings. The lowest BCUT2D eigenvalue weighted by Crippen LogP contribution is -2.72. The topological polar surface area (TPSA) is 111 Å². The number of allylic oxidation sites excluding steroid dienone is 2. The van der Waals surface area contributed by atoms with Crippen LogP contribution in [-0.2, 0) is 19.1 Å². The zero-order chi connectivity index (χ0) is 23.0. The van der Waals surface area contributed by atoms with Crippen LogP contribution in [0.2, 0.25) is 0 Å². The Morgan fingerprint density at radius 3 is 2.42 bits per heavy atom. The zero-order valence-corrected chi connectivity index (χ0v) is 19.4. The Bertz CT molecular complexity index is 925. The average molecular weight is 449 g/mol. The maximum absolute atomic E-state index is 13.0. The van der Waals surface area contributed by atoms with Gasteiger partial charge in [0.15, 0.2) is 0 Å². The van der Waals surface area contributed by atoms with E-state index >= 15 is 0 Å². The summed E-state index contributed by atoms with van der Waals surface area (Å²) in [6.07, 6.45) is 4.02. The number of aromatic nitrogens is 2. The van der Waals surface area contributed by atoms with Gasteiger partial charge >= 0.3 is 12.1 Å². The molecule has 0 spiro atoms. The molecule has 9 nitrogen and oxygen atoms in total. The largest absolute Gasteiger partial charge is 0.455 e. The Labute approximate surface area is 185 Å². The number of carbonyl (C=O) groups is 3. The fourth-order valence-electron chi connectivity index (χ4n) is 3.43. The molecule has 1 saturated heterocycles. The van der Waals surface area contributed by atoms with Crippen LogP contribution in [0.5, 0.6) is 0 Å². The number of carbonyl (C=O) groups excluding carboxylic acids is 3. The smallest absolute Gasteiger partial charge is 0.408 e. The van der Waals surface area contributed by atoms with Crippen LogP contribution in [0.25, 0.3) is 6.08 Å². The molecule has 1 fully saturated rings. The van der Waals surface area contributed by atoms with Crippen molar-refractivity contribution in [2.45, 2.75) is 77.7 Å². The number of fused-ring (bicyclic) bond motifs is 1.